The summed E-state index contributed by atoms with van der Waals surface area (Å²) >= 11 is 7.56. The summed E-state index contributed by atoms with van der Waals surface area (Å²) in [4.78, 5) is 31.4. The van der Waals surface area contributed by atoms with Crippen molar-refractivity contribution < 1.29 is 9.53 Å². The first-order valence-corrected chi connectivity index (χ1v) is 10.3. The first-order valence-electron chi connectivity index (χ1n) is 9.14. The third kappa shape index (κ3) is 3.94. The third-order valence-corrected chi connectivity index (χ3v) is 6.14. The number of thiophene rings is 1. The van der Waals surface area contributed by atoms with Gasteiger partial charge in [0.15, 0.2) is 0 Å². The highest BCUT2D eigenvalue weighted by molar-refractivity contribution is 7.21. The zero-order valence-corrected chi connectivity index (χ0v) is 17.9. The summed E-state index contributed by atoms with van der Waals surface area (Å²) in [5.41, 5.74) is 2.07. The van der Waals surface area contributed by atoms with Crippen LogP contribution >= 0.6 is 22.9 Å². The smallest absolute Gasteiger partial charge is 0.262 e. The van der Waals surface area contributed by atoms with Crippen molar-refractivity contribution in [1.29, 1.82) is 0 Å². The van der Waals surface area contributed by atoms with E-state index in [0.29, 0.717) is 26.7 Å². The number of hydrogen-bond donors (Lipinski definition) is 1. The number of nitrogens with zero attached hydrogens (tertiary/aromatic N) is 2. The van der Waals surface area contributed by atoms with E-state index >= 15 is 0 Å². The van der Waals surface area contributed by atoms with Crippen LogP contribution in [0.1, 0.15) is 5.56 Å². The molecule has 0 unspecified atom stereocenters. The molecule has 2 heterocycles. The number of carbonyl (C=O) groups is 1. The van der Waals surface area contributed by atoms with Crippen LogP contribution in [-0.4, -0.2) is 22.6 Å². The molecule has 1 amide bonds. The van der Waals surface area contributed by atoms with E-state index in [9.17, 15) is 9.59 Å². The number of aryl methyl sites for hydroxylation is 1. The fraction of sp³-hybridized carbons (Fsp3) is 0.136. The van der Waals surface area contributed by atoms with Crippen LogP contribution in [0, 0.1) is 6.92 Å². The minimum atomic E-state index is -0.364. The predicted octanol–water partition coefficient (Wildman–Crippen LogP) is 4.73. The quantitative estimate of drug-likeness (QED) is 0.487. The number of ether oxygens (including phenoxy) is 1. The Morgan fingerprint density at radius 3 is 2.73 bits per heavy atom. The molecule has 2 aromatic carbocycles. The number of fused-ring (bicyclic) bond motifs is 1. The lowest BCUT2D eigenvalue weighted by molar-refractivity contribution is -0.116. The fourth-order valence-corrected chi connectivity index (χ4v) is 4.24. The first-order chi connectivity index (χ1) is 14.5. The Morgan fingerprint density at radius 2 is 2.00 bits per heavy atom. The molecule has 0 radical (unpaired) electrons. The number of nitrogens with one attached hydrogen (secondary N) is 1. The lowest BCUT2D eigenvalue weighted by atomic mass is 10.2. The first kappa shape index (κ1) is 20.1. The minimum Gasteiger partial charge on any atom is -0.495 e. The molecule has 0 bridgehead atoms. The molecule has 4 rings (SSSR count). The number of anilines is 1. The van der Waals surface area contributed by atoms with Crippen LogP contribution in [0.15, 0.2) is 59.7 Å². The summed E-state index contributed by atoms with van der Waals surface area (Å²) in [7, 11) is 1.50. The second kappa shape index (κ2) is 8.30. The average Bonchev–Trinajstić information content (AvgIpc) is 3.18. The number of halogens is 1. The number of hydrogen-bond acceptors (Lipinski definition) is 5. The maximum Gasteiger partial charge on any atom is 0.262 e. The Morgan fingerprint density at radius 1 is 1.23 bits per heavy atom. The Kier molecular flexibility index (Phi) is 5.57. The lowest BCUT2D eigenvalue weighted by Crippen LogP contribution is -2.27. The molecule has 6 nitrogen and oxygen atoms in total. The predicted molar refractivity (Wildman–Crippen MR) is 121 cm³/mol. The monoisotopic (exact) mass is 439 g/mol. The van der Waals surface area contributed by atoms with E-state index < -0.39 is 0 Å². The van der Waals surface area contributed by atoms with Gasteiger partial charge >= 0.3 is 0 Å². The maximum atomic E-state index is 12.9. The molecule has 152 valence electrons. The Labute approximate surface area is 181 Å². The summed E-state index contributed by atoms with van der Waals surface area (Å²) in [6.07, 6.45) is 1.40. The van der Waals surface area contributed by atoms with Gasteiger partial charge in [0.1, 0.15) is 17.1 Å². The van der Waals surface area contributed by atoms with Crippen molar-refractivity contribution >= 4 is 44.7 Å². The van der Waals surface area contributed by atoms with E-state index in [1.54, 1.807) is 12.1 Å². The van der Waals surface area contributed by atoms with Crippen LogP contribution in [0.3, 0.4) is 0 Å². The van der Waals surface area contributed by atoms with Gasteiger partial charge in [0.2, 0.25) is 5.91 Å². The average molecular weight is 440 g/mol. The molecule has 1 N–H and O–H groups in total. The van der Waals surface area contributed by atoms with E-state index in [-0.39, 0.29) is 18.0 Å². The summed E-state index contributed by atoms with van der Waals surface area (Å²) < 4.78 is 6.58. The van der Waals surface area contributed by atoms with E-state index in [1.807, 2.05) is 43.3 Å². The van der Waals surface area contributed by atoms with Gasteiger partial charge in [-0.05, 0) is 30.2 Å². The van der Waals surface area contributed by atoms with Crippen molar-refractivity contribution in [3.05, 3.63) is 75.8 Å². The lowest BCUT2D eigenvalue weighted by Gasteiger charge is -2.12. The summed E-state index contributed by atoms with van der Waals surface area (Å²) in [6.45, 7) is 1.67. The van der Waals surface area contributed by atoms with Gasteiger partial charge in [-0.15, -0.1) is 11.3 Å². The van der Waals surface area contributed by atoms with Gasteiger partial charge in [-0.3, -0.25) is 14.2 Å². The molecule has 8 heteroatoms. The zero-order valence-electron chi connectivity index (χ0n) is 16.3. The SMILES string of the molecule is COc1cc(Cl)c(C)cc1NC(=O)Cn1cnc2sc(-c3ccccc3)cc2c1=O. The number of carbonyl (C=O) groups excluding carboxylic acids is 1. The molecule has 0 saturated carbocycles. The number of rotatable bonds is 5. The summed E-state index contributed by atoms with van der Waals surface area (Å²) in [5, 5.41) is 3.82. The molecule has 0 spiro atoms. The summed E-state index contributed by atoms with van der Waals surface area (Å²) in [6, 6.07) is 15.0. The molecule has 0 saturated heterocycles. The van der Waals surface area contributed by atoms with Gasteiger partial charge in [-0.25, -0.2) is 4.98 Å². The Bertz CT molecular complexity index is 1300. The minimum absolute atomic E-state index is 0.164. The van der Waals surface area contributed by atoms with Crippen LogP contribution in [0.2, 0.25) is 5.02 Å². The number of benzene rings is 2. The normalized spacial score (nSPS) is 10.9. The molecular weight excluding hydrogens is 422 g/mol. The van der Waals surface area contributed by atoms with Gasteiger partial charge < -0.3 is 10.1 Å². The number of aromatic nitrogens is 2. The van der Waals surface area contributed by atoms with Crippen molar-refractivity contribution in [2.45, 2.75) is 13.5 Å². The molecule has 0 fully saturated rings. The van der Waals surface area contributed by atoms with Gasteiger partial charge in [0, 0.05) is 16.0 Å². The molecule has 0 aliphatic rings. The van der Waals surface area contributed by atoms with E-state index in [0.717, 1.165) is 16.0 Å². The molecule has 0 aliphatic heterocycles. The van der Waals surface area contributed by atoms with Gasteiger partial charge in [0.05, 0.1) is 24.5 Å². The largest absolute Gasteiger partial charge is 0.495 e. The second-order valence-electron chi connectivity index (χ2n) is 6.72. The Hall–Kier alpha value is -3.16. The van der Waals surface area contributed by atoms with Crippen molar-refractivity contribution in [3.63, 3.8) is 0 Å². The molecule has 30 heavy (non-hydrogen) atoms. The zero-order chi connectivity index (χ0) is 21.3. The molecule has 4 aromatic rings. The number of methoxy groups -OCH3 is 1. The standard InChI is InChI=1S/C22H18ClN3O3S/c1-13-8-17(18(29-2)10-16(13)23)25-20(27)11-26-12-24-21-15(22(26)28)9-19(30-21)14-6-4-3-5-7-14/h3-10,12H,11H2,1-2H3,(H,25,27). The van der Waals surface area contributed by atoms with Crippen LogP contribution in [0.5, 0.6) is 5.75 Å². The summed E-state index contributed by atoms with van der Waals surface area (Å²) in [5.74, 6) is 0.0852. The Balaban J connectivity index is 1.60. The van der Waals surface area contributed by atoms with Gasteiger partial charge in [-0.1, -0.05) is 41.9 Å². The molecule has 0 aliphatic carbocycles. The van der Waals surface area contributed by atoms with Crippen molar-refractivity contribution in [3.8, 4) is 16.2 Å². The van der Waals surface area contributed by atoms with Crippen LogP contribution in [-0.2, 0) is 11.3 Å². The fourth-order valence-electron chi connectivity index (χ4n) is 3.09. The van der Waals surface area contributed by atoms with Crippen molar-refractivity contribution in [2.75, 3.05) is 12.4 Å². The highest BCUT2D eigenvalue weighted by atomic mass is 35.5. The third-order valence-electron chi connectivity index (χ3n) is 4.65. The molecule has 0 atom stereocenters. The second-order valence-corrected chi connectivity index (χ2v) is 8.16. The number of amides is 1. The maximum absolute atomic E-state index is 12.9. The van der Waals surface area contributed by atoms with Crippen molar-refractivity contribution in [1.82, 2.24) is 9.55 Å². The van der Waals surface area contributed by atoms with Gasteiger partial charge in [-0.2, -0.15) is 0 Å². The van der Waals surface area contributed by atoms with Crippen LogP contribution in [0.4, 0.5) is 5.69 Å². The highest BCUT2D eigenvalue weighted by Gasteiger charge is 2.14. The van der Waals surface area contributed by atoms with E-state index in [1.165, 1.54) is 29.3 Å². The van der Waals surface area contributed by atoms with Crippen molar-refractivity contribution in [2.24, 2.45) is 0 Å². The topological polar surface area (TPSA) is 73.2 Å². The van der Waals surface area contributed by atoms with Crippen LogP contribution in [0.25, 0.3) is 20.7 Å². The van der Waals surface area contributed by atoms with Crippen LogP contribution < -0.4 is 15.6 Å². The highest BCUT2D eigenvalue weighted by Crippen LogP contribution is 2.32. The van der Waals surface area contributed by atoms with E-state index in [2.05, 4.69) is 10.3 Å². The van der Waals surface area contributed by atoms with Gasteiger partial charge in [0.25, 0.3) is 5.56 Å². The van der Waals surface area contributed by atoms with E-state index in [4.69, 9.17) is 16.3 Å². The molecular formula is C22H18ClN3O3S. The molecule has 2 aromatic heterocycles.